The summed E-state index contributed by atoms with van der Waals surface area (Å²) in [5.74, 6) is -0.407. The van der Waals surface area contributed by atoms with Gasteiger partial charge in [0.2, 0.25) is 0 Å². The average Bonchev–Trinajstić information content (AvgIpc) is 3.24. The predicted octanol–water partition coefficient (Wildman–Crippen LogP) is 7.63. The van der Waals surface area contributed by atoms with Crippen LogP contribution < -0.4 is 5.32 Å². The van der Waals surface area contributed by atoms with Crippen molar-refractivity contribution in [3.05, 3.63) is 45.5 Å². The second kappa shape index (κ2) is 11.3. The van der Waals surface area contributed by atoms with Gasteiger partial charge in [-0.3, -0.25) is 14.9 Å². The first kappa shape index (κ1) is 24.0. The van der Waals surface area contributed by atoms with Gasteiger partial charge in [-0.25, -0.2) is 0 Å². The third-order valence-corrected chi connectivity index (χ3v) is 7.78. The third-order valence-electron chi connectivity index (χ3n) is 7.78. The van der Waals surface area contributed by atoms with Gasteiger partial charge in [-0.2, -0.15) is 0 Å². The number of carbonyl (C=O) groups is 2. The van der Waals surface area contributed by atoms with Gasteiger partial charge in [0.25, 0.3) is 11.8 Å². The Morgan fingerprint density at radius 2 is 1.27 bits per heavy atom. The maximum atomic E-state index is 13.2. The van der Waals surface area contributed by atoms with Crippen LogP contribution in [0.3, 0.4) is 0 Å². The summed E-state index contributed by atoms with van der Waals surface area (Å²) >= 11 is 0. The van der Waals surface area contributed by atoms with E-state index in [-0.39, 0.29) is 11.8 Å². The van der Waals surface area contributed by atoms with Crippen molar-refractivity contribution in [1.82, 2.24) is 5.32 Å². The number of hydrogen-bond acceptors (Lipinski definition) is 2. The summed E-state index contributed by atoms with van der Waals surface area (Å²) in [5, 5.41) is 4.84. The van der Waals surface area contributed by atoms with Crippen molar-refractivity contribution in [1.29, 1.82) is 0 Å². The lowest BCUT2D eigenvalue weighted by atomic mass is 9.82. The number of hydrogen-bond donors (Lipinski definition) is 1. The highest BCUT2D eigenvalue weighted by Crippen LogP contribution is 2.42. The van der Waals surface area contributed by atoms with E-state index in [9.17, 15) is 9.59 Å². The molecule has 33 heavy (non-hydrogen) atoms. The van der Waals surface area contributed by atoms with Crippen LogP contribution in [0.1, 0.15) is 134 Å². The van der Waals surface area contributed by atoms with Crippen molar-refractivity contribution in [3.63, 3.8) is 0 Å². The van der Waals surface area contributed by atoms with E-state index in [2.05, 4.69) is 25.2 Å². The number of aryl methyl sites for hydroxylation is 2. The summed E-state index contributed by atoms with van der Waals surface area (Å²) in [6.07, 6.45) is 19.4. The van der Waals surface area contributed by atoms with Gasteiger partial charge in [0, 0.05) is 10.9 Å². The topological polar surface area (TPSA) is 46.2 Å². The molecule has 4 rings (SSSR count). The van der Waals surface area contributed by atoms with E-state index in [1.807, 2.05) is 6.07 Å². The number of imide groups is 1. The Labute approximate surface area is 199 Å². The van der Waals surface area contributed by atoms with Gasteiger partial charge >= 0.3 is 0 Å². The van der Waals surface area contributed by atoms with Gasteiger partial charge in [0.05, 0.1) is 5.56 Å². The molecule has 0 saturated heterocycles. The molecular weight excluding hydrogens is 406 g/mol. The average molecular weight is 448 g/mol. The lowest BCUT2D eigenvalue weighted by molar-refractivity contribution is 0.0844. The summed E-state index contributed by atoms with van der Waals surface area (Å²) in [4.78, 5) is 25.8. The minimum absolute atomic E-state index is 0.175. The first-order valence-electron chi connectivity index (χ1n) is 13.6. The molecule has 0 atom stereocenters. The minimum Gasteiger partial charge on any atom is -0.288 e. The van der Waals surface area contributed by atoms with E-state index in [0.29, 0.717) is 5.56 Å². The van der Waals surface area contributed by atoms with Crippen molar-refractivity contribution in [3.8, 4) is 0 Å². The molecule has 178 valence electrons. The number of unbranched alkanes of at least 4 members (excludes halogenated alkanes) is 10. The highest BCUT2D eigenvalue weighted by atomic mass is 16.2. The second-order valence-electron chi connectivity index (χ2n) is 10.2. The molecule has 0 saturated carbocycles. The molecule has 0 aromatic heterocycles. The number of nitrogens with one attached hydrogen (secondary N) is 1. The molecule has 0 fully saturated rings. The molecule has 1 aliphatic heterocycles. The molecule has 1 heterocycles. The lowest BCUT2D eigenvalue weighted by Crippen LogP contribution is -2.36. The summed E-state index contributed by atoms with van der Waals surface area (Å²) in [6.45, 7) is 4.51. The number of benzene rings is 2. The van der Waals surface area contributed by atoms with Gasteiger partial charge in [-0.1, -0.05) is 84.1 Å². The SMILES string of the molecule is CCCCCCCCCCc1c(CCCCCC)c2c3c(ccc4c3c1CC4)C(=O)NC2=O. The van der Waals surface area contributed by atoms with Crippen molar-refractivity contribution in [2.45, 2.75) is 117 Å². The number of rotatable bonds is 14. The van der Waals surface area contributed by atoms with Crippen LogP contribution in [0.15, 0.2) is 12.1 Å². The molecular formula is C30H41NO2. The van der Waals surface area contributed by atoms with Crippen molar-refractivity contribution in [2.24, 2.45) is 0 Å². The molecule has 3 nitrogen and oxygen atoms in total. The Bertz CT molecular complexity index is 1020. The van der Waals surface area contributed by atoms with Crippen LogP contribution in [0.5, 0.6) is 0 Å². The monoisotopic (exact) mass is 447 g/mol. The fourth-order valence-corrected chi connectivity index (χ4v) is 6.04. The van der Waals surface area contributed by atoms with E-state index in [1.54, 1.807) is 0 Å². The van der Waals surface area contributed by atoms with E-state index in [1.165, 1.54) is 98.3 Å². The van der Waals surface area contributed by atoms with Crippen LogP contribution in [-0.2, 0) is 25.7 Å². The highest BCUT2D eigenvalue weighted by Gasteiger charge is 2.33. The van der Waals surface area contributed by atoms with E-state index in [0.717, 1.165) is 43.1 Å². The predicted molar refractivity (Wildman–Crippen MR) is 137 cm³/mol. The largest absolute Gasteiger partial charge is 0.288 e. The highest BCUT2D eigenvalue weighted by molar-refractivity contribution is 6.27. The zero-order chi connectivity index (χ0) is 23.2. The molecule has 0 unspecified atom stereocenters. The summed E-state index contributed by atoms with van der Waals surface area (Å²) in [6, 6.07) is 4.06. The molecule has 0 bridgehead atoms. The van der Waals surface area contributed by atoms with Crippen molar-refractivity contribution in [2.75, 3.05) is 0 Å². The molecule has 0 spiro atoms. The van der Waals surface area contributed by atoms with Crippen LogP contribution in [0, 0.1) is 0 Å². The maximum absolute atomic E-state index is 13.2. The van der Waals surface area contributed by atoms with Crippen LogP contribution >= 0.6 is 0 Å². The smallest absolute Gasteiger partial charge is 0.259 e. The van der Waals surface area contributed by atoms with Crippen molar-refractivity contribution >= 4 is 22.6 Å². The first-order valence-corrected chi connectivity index (χ1v) is 13.6. The Kier molecular flexibility index (Phi) is 8.22. The molecule has 0 radical (unpaired) electrons. The molecule has 1 aliphatic carbocycles. The third kappa shape index (κ3) is 5.03. The molecule has 1 N–H and O–H groups in total. The molecule has 3 heteroatoms. The fraction of sp³-hybridized carbons (Fsp3) is 0.600. The van der Waals surface area contributed by atoms with Gasteiger partial charge in [0.1, 0.15) is 0 Å². The lowest BCUT2D eigenvalue weighted by Gasteiger charge is -2.25. The van der Waals surface area contributed by atoms with Crippen LogP contribution in [0.4, 0.5) is 0 Å². The Hall–Kier alpha value is -2.16. The van der Waals surface area contributed by atoms with Gasteiger partial charge < -0.3 is 0 Å². The Morgan fingerprint density at radius 1 is 0.667 bits per heavy atom. The summed E-state index contributed by atoms with van der Waals surface area (Å²) in [7, 11) is 0. The van der Waals surface area contributed by atoms with Crippen LogP contribution in [-0.4, -0.2) is 11.8 Å². The van der Waals surface area contributed by atoms with E-state index >= 15 is 0 Å². The summed E-state index contributed by atoms with van der Waals surface area (Å²) in [5.41, 5.74) is 6.98. The van der Waals surface area contributed by atoms with Crippen LogP contribution in [0.25, 0.3) is 10.8 Å². The quantitative estimate of drug-likeness (QED) is 0.239. The van der Waals surface area contributed by atoms with Crippen molar-refractivity contribution < 1.29 is 9.59 Å². The molecule has 2 aromatic carbocycles. The first-order chi connectivity index (χ1) is 16.2. The second-order valence-corrected chi connectivity index (χ2v) is 10.2. The zero-order valence-electron chi connectivity index (χ0n) is 20.8. The van der Waals surface area contributed by atoms with Crippen LogP contribution in [0.2, 0.25) is 0 Å². The van der Waals surface area contributed by atoms with E-state index < -0.39 is 0 Å². The molecule has 2 aliphatic rings. The van der Waals surface area contributed by atoms with Gasteiger partial charge in [-0.15, -0.1) is 0 Å². The zero-order valence-corrected chi connectivity index (χ0v) is 20.8. The minimum atomic E-state index is -0.232. The Morgan fingerprint density at radius 3 is 1.97 bits per heavy atom. The molecule has 2 amide bonds. The van der Waals surface area contributed by atoms with Gasteiger partial charge in [-0.05, 0) is 72.2 Å². The Balaban J connectivity index is 1.63. The number of amides is 2. The maximum Gasteiger partial charge on any atom is 0.259 e. The summed E-state index contributed by atoms with van der Waals surface area (Å²) < 4.78 is 0. The number of carbonyl (C=O) groups excluding carboxylic acids is 2. The molecule has 2 aromatic rings. The standard InChI is InChI=1S/C30H41NO2/c1-3-5-7-9-10-11-12-14-15-22-23(16-13-8-6-4-2)28-27-25(29(32)31-30(28)33)20-18-21-17-19-24(22)26(21)27/h18,20H,3-17,19H2,1-2H3,(H,31,32,33). The van der Waals surface area contributed by atoms with E-state index in [4.69, 9.17) is 0 Å². The fourth-order valence-electron chi connectivity index (χ4n) is 6.04. The normalized spacial score (nSPS) is 14.4. The van der Waals surface area contributed by atoms with Gasteiger partial charge in [0.15, 0.2) is 0 Å².